The van der Waals surface area contributed by atoms with Gasteiger partial charge in [-0.15, -0.1) is 0 Å². The van der Waals surface area contributed by atoms with Crippen molar-refractivity contribution in [3.8, 4) is 0 Å². The molecular weight excluding hydrogens is 388 g/mol. The molecule has 0 unspecified atom stereocenters. The van der Waals surface area contributed by atoms with E-state index in [9.17, 15) is 0 Å². The molecule has 0 saturated heterocycles. The predicted octanol–water partition coefficient (Wildman–Crippen LogP) is 8.29. The summed E-state index contributed by atoms with van der Waals surface area (Å²) in [5, 5.41) is 16.8. The molecule has 0 bridgehead atoms. The van der Waals surface area contributed by atoms with E-state index in [1.54, 1.807) is 0 Å². The fraction of sp³-hybridized carbons (Fsp3) is 0. The van der Waals surface area contributed by atoms with Crippen LogP contribution in [0.2, 0.25) is 0 Å². The van der Waals surface area contributed by atoms with Gasteiger partial charge in [-0.2, -0.15) is 0 Å². The minimum Gasteiger partial charge on any atom is -0.360 e. The molecule has 0 fully saturated rings. The summed E-state index contributed by atoms with van der Waals surface area (Å²) >= 11 is 0. The SMILES string of the molecule is C(=CNc1cccc2cc3ccccc3cc12)Nc1cccc2cc3ccccc3cc12. The van der Waals surface area contributed by atoms with Gasteiger partial charge in [-0.05, 0) is 68.7 Å². The average Bonchev–Trinajstić information content (AvgIpc) is 2.84. The van der Waals surface area contributed by atoms with Gasteiger partial charge in [0.1, 0.15) is 0 Å². The first-order chi connectivity index (χ1) is 15.8. The second kappa shape index (κ2) is 7.75. The molecular formula is C30H22N2. The standard InChI is InChI=1S/C30H22N2/c1-3-9-23-19-27-25(17-21(23)7-1)11-5-13-29(27)31-15-16-32-30-14-6-12-26-18-22-8-2-4-10-24(22)20-28(26)30/h1-20,31-32H. The second-order valence-electron chi connectivity index (χ2n) is 8.07. The third-order valence-electron chi connectivity index (χ3n) is 6.05. The topological polar surface area (TPSA) is 24.1 Å². The Bertz CT molecular complexity index is 1510. The summed E-state index contributed by atoms with van der Waals surface area (Å²) in [7, 11) is 0. The maximum atomic E-state index is 3.46. The summed E-state index contributed by atoms with van der Waals surface area (Å²) in [6.07, 6.45) is 3.92. The first kappa shape index (κ1) is 18.5. The Morgan fingerprint density at radius 3 is 1.19 bits per heavy atom. The van der Waals surface area contributed by atoms with E-state index in [1.807, 2.05) is 12.4 Å². The quantitative estimate of drug-likeness (QED) is 0.286. The van der Waals surface area contributed by atoms with Gasteiger partial charge in [-0.1, -0.05) is 72.8 Å². The molecule has 152 valence electrons. The lowest BCUT2D eigenvalue weighted by molar-refractivity contribution is 1.56. The highest BCUT2D eigenvalue weighted by molar-refractivity contribution is 6.05. The van der Waals surface area contributed by atoms with Gasteiger partial charge < -0.3 is 10.6 Å². The zero-order valence-electron chi connectivity index (χ0n) is 17.5. The molecule has 0 amide bonds. The van der Waals surface area contributed by atoms with Gasteiger partial charge in [-0.3, -0.25) is 0 Å². The Labute approximate surface area is 186 Å². The zero-order valence-corrected chi connectivity index (χ0v) is 17.5. The lowest BCUT2D eigenvalue weighted by Crippen LogP contribution is -1.94. The number of anilines is 2. The monoisotopic (exact) mass is 410 g/mol. The molecule has 0 spiro atoms. The van der Waals surface area contributed by atoms with E-state index in [0.29, 0.717) is 0 Å². The van der Waals surface area contributed by atoms with Crippen molar-refractivity contribution in [1.82, 2.24) is 0 Å². The Morgan fingerprint density at radius 2 is 0.750 bits per heavy atom. The number of benzene rings is 6. The van der Waals surface area contributed by atoms with E-state index in [4.69, 9.17) is 0 Å². The molecule has 0 aliphatic rings. The summed E-state index contributed by atoms with van der Waals surface area (Å²) in [4.78, 5) is 0. The third-order valence-corrected chi connectivity index (χ3v) is 6.05. The van der Waals surface area contributed by atoms with E-state index in [2.05, 4.69) is 120 Å². The van der Waals surface area contributed by atoms with Gasteiger partial charge >= 0.3 is 0 Å². The molecule has 2 N–H and O–H groups in total. The van der Waals surface area contributed by atoms with Gasteiger partial charge in [0.25, 0.3) is 0 Å². The van der Waals surface area contributed by atoms with Crippen molar-refractivity contribution in [2.75, 3.05) is 10.6 Å². The summed E-state index contributed by atoms with van der Waals surface area (Å²) in [6.45, 7) is 0. The summed E-state index contributed by atoms with van der Waals surface area (Å²) in [5.74, 6) is 0. The fourth-order valence-corrected chi connectivity index (χ4v) is 4.45. The minimum absolute atomic E-state index is 1.09. The highest BCUT2D eigenvalue weighted by Gasteiger charge is 2.03. The van der Waals surface area contributed by atoms with Crippen LogP contribution < -0.4 is 10.6 Å². The van der Waals surface area contributed by atoms with Crippen molar-refractivity contribution in [1.29, 1.82) is 0 Å². The van der Waals surface area contributed by atoms with E-state index in [0.717, 1.165) is 11.4 Å². The molecule has 6 rings (SSSR count). The van der Waals surface area contributed by atoms with Crippen LogP contribution in [-0.4, -0.2) is 0 Å². The highest BCUT2D eigenvalue weighted by atomic mass is 14.9. The van der Waals surface area contributed by atoms with Crippen LogP contribution in [0.5, 0.6) is 0 Å². The second-order valence-corrected chi connectivity index (χ2v) is 8.07. The van der Waals surface area contributed by atoms with Crippen molar-refractivity contribution in [3.63, 3.8) is 0 Å². The molecule has 6 aromatic rings. The largest absolute Gasteiger partial charge is 0.360 e. The number of nitrogens with one attached hydrogen (secondary N) is 2. The fourth-order valence-electron chi connectivity index (χ4n) is 4.45. The van der Waals surface area contributed by atoms with E-state index >= 15 is 0 Å². The van der Waals surface area contributed by atoms with Crippen molar-refractivity contribution in [2.45, 2.75) is 0 Å². The number of fused-ring (bicyclic) bond motifs is 4. The molecule has 0 atom stereocenters. The maximum absolute atomic E-state index is 3.46. The van der Waals surface area contributed by atoms with Crippen LogP contribution in [-0.2, 0) is 0 Å². The van der Waals surface area contributed by atoms with Crippen molar-refractivity contribution in [3.05, 3.63) is 122 Å². The number of rotatable bonds is 4. The van der Waals surface area contributed by atoms with Crippen LogP contribution in [0.4, 0.5) is 11.4 Å². The van der Waals surface area contributed by atoms with Crippen molar-refractivity contribution >= 4 is 54.5 Å². The van der Waals surface area contributed by atoms with Crippen LogP contribution in [0, 0.1) is 0 Å². The van der Waals surface area contributed by atoms with E-state index in [-0.39, 0.29) is 0 Å². The normalized spacial score (nSPS) is 11.6. The van der Waals surface area contributed by atoms with E-state index < -0.39 is 0 Å². The molecule has 0 aliphatic heterocycles. The molecule has 0 heterocycles. The maximum Gasteiger partial charge on any atom is 0.0460 e. The lowest BCUT2D eigenvalue weighted by atomic mass is 10.0. The van der Waals surface area contributed by atoms with Gasteiger partial charge in [0.2, 0.25) is 0 Å². The molecule has 6 aromatic carbocycles. The molecule has 0 aromatic heterocycles. The Balaban J connectivity index is 1.29. The average molecular weight is 411 g/mol. The smallest absolute Gasteiger partial charge is 0.0460 e. The van der Waals surface area contributed by atoms with Crippen LogP contribution in [0.3, 0.4) is 0 Å². The predicted molar refractivity (Wildman–Crippen MR) is 139 cm³/mol. The summed E-state index contributed by atoms with van der Waals surface area (Å²) < 4.78 is 0. The van der Waals surface area contributed by atoms with Crippen LogP contribution in [0.25, 0.3) is 43.1 Å². The molecule has 2 heteroatoms. The molecule has 0 radical (unpaired) electrons. The Hall–Kier alpha value is -4.30. The number of hydrogen-bond acceptors (Lipinski definition) is 2. The molecule has 2 nitrogen and oxygen atoms in total. The van der Waals surface area contributed by atoms with Gasteiger partial charge in [-0.25, -0.2) is 0 Å². The first-order valence-electron chi connectivity index (χ1n) is 10.9. The molecule has 32 heavy (non-hydrogen) atoms. The Morgan fingerprint density at radius 1 is 0.375 bits per heavy atom. The molecule has 0 saturated carbocycles. The zero-order chi connectivity index (χ0) is 21.3. The van der Waals surface area contributed by atoms with Crippen molar-refractivity contribution < 1.29 is 0 Å². The van der Waals surface area contributed by atoms with Crippen molar-refractivity contribution in [2.24, 2.45) is 0 Å². The highest BCUT2D eigenvalue weighted by Crippen LogP contribution is 2.30. The van der Waals surface area contributed by atoms with Crippen LogP contribution >= 0.6 is 0 Å². The minimum atomic E-state index is 1.09. The summed E-state index contributed by atoms with van der Waals surface area (Å²) in [5.41, 5.74) is 2.19. The lowest BCUT2D eigenvalue weighted by Gasteiger charge is -2.10. The van der Waals surface area contributed by atoms with Crippen LogP contribution in [0.1, 0.15) is 0 Å². The first-order valence-corrected chi connectivity index (χ1v) is 10.9. The van der Waals surface area contributed by atoms with Crippen LogP contribution in [0.15, 0.2) is 122 Å². The van der Waals surface area contributed by atoms with Gasteiger partial charge in [0.05, 0.1) is 0 Å². The number of hydrogen-bond donors (Lipinski definition) is 2. The summed E-state index contributed by atoms with van der Waals surface area (Å²) in [6, 6.07) is 38.7. The molecule has 0 aliphatic carbocycles. The van der Waals surface area contributed by atoms with Gasteiger partial charge in [0.15, 0.2) is 0 Å². The third kappa shape index (κ3) is 3.32. The van der Waals surface area contributed by atoms with Gasteiger partial charge in [0, 0.05) is 34.5 Å². The Kier molecular flexibility index (Phi) is 4.47. The van der Waals surface area contributed by atoms with E-state index in [1.165, 1.54) is 43.1 Å².